The quantitative estimate of drug-likeness (QED) is 0.801. The monoisotopic (exact) mass is 350 g/mol. The molecule has 7 heteroatoms. The molecule has 0 saturated heterocycles. The molecule has 4 nitrogen and oxygen atoms in total. The predicted octanol–water partition coefficient (Wildman–Crippen LogP) is 4.01. The number of thioether (sulfide) groups is 1. The normalized spacial score (nSPS) is 16.2. The molecule has 0 bridgehead atoms. The zero-order chi connectivity index (χ0) is 15.7. The predicted molar refractivity (Wildman–Crippen MR) is 93.0 cm³/mol. The number of rotatable bonds is 2. The molecule has 0 unspecified atom stereocenters. The highest BCUT2D eigenvalue weighted by atomic mass is 35.5. The lowest BCUT2D eigenvalue weighted by Gasteiger charge is -2.10. The molecule has 3 N–H and O–H groups in total. The van der Waals surface area contributed by atoms with Crippen LogP contribution in [0.5, 0.6) is 0 Å². The maximum absolute atomic E-state index is 6.23. The number of hydrogen-bond acceptors (Lipinski definition) is 5. The minimum Gasteiger partial charge on any atom is -0.395 e. The van der Waals surface area contributed by atoms with E-state index in [-0.39, 0.29) is 5.28 Å². The highest BCUT2D eigenvalue weighted by molar-refractivity contribution is 8.06. The van der Waals surface area contributed by atoms with Crippen molar-refractivity contribution in [2.24, 2.45) is 5.73 Å². The molecule has 1 aliphatic heterocycles. The molecular weight excluding hydrogens is 339 g/mol. The Balaban J connectivity index is 1.89. The Hall–Kier alpha value is -1.69. The van der Waals surface area contributed by atoms with Crippen LogP contribution in [0.25, 0.3) is 11.4 Å². The van der Waals surface area contributed by atoms with Gasteiger partial charge in [0.15, 0.2) is 0 Å². The van der Waals surface area contributed by atoms with Gasteiger partial charge >= 0.3 is 0 Å². The first-order valence-electron chi connectivity index (χ1n) is 6.43. The van der Waals surface area contributed by atoms with E-state index >= 15 is 0 Å². The van der Waals surface area contributed by atoms with E-state index in [1.54, 1.807) is 6.20 Å². The second kappa shape index (κ2) is 6.20. The van der Waals surface area contributed by atoms with Gasteiger partial charge in [0, 0.05) is 16.6 Å². The summed E-state index contributed by atoms with van der Waals surface area (Å²) in [5, 5.41) is 7.01. The molecule has 0 atom stereocenters. The van der Waals surface area contributed by atoms with Crippen LogP contribution in [-0.4, -0.2) is 9.97 Å². The summed E-state index contributed by atoms with van der Waals surface area (Å²) in [6, 6.07) is 7.61. The number of aryl methyl sites for hydroxylation is 1. The number of aromatic nitrogens is 2. The first kappa shape index (κ1) is 15.2. The summed E-state index contributed by atoms with van der Waals surface area (Å²) in [5.41, 5.74) is 10.3. The lowest BCUT2D eigenvalue weighted by atomic mass is 10.2. The number of nitrogens with two attached hydrogens (primary N) is 1. The van der Waals surface area contributed by atoms with Gasteiger partial charge in [-0.05, 0) is 41.8 Å². The van der Waals surface area contributed by atoms with Crippen LogP contribution in [0.15, 0.2) is 40.9 Å². The van der Waals surface area contributed by atoms with Crippen molar-refractivity contribution in [1.29, 1.82) is 0 Å². The van der Waals surface area contributed by atoms with E-state index in [4.69, 9.17) is 28.9 Å². The summed E-state index contributed by atoms with van der Waals surface area (Å²) in [6.07, 6.45) is 1.66. The third kappa shape index (κ3) is 3.06. The van der Waals surface area contributed by atoms with E-state index in [1.807, 2.05) is 36.6 Å². The summed E-state index contributed by atoms with van der Waals surface area (Å²) in [7, 11) is 0. The van der Waals surface area contributed by atoms with Crippen LogP contribution in [0.2, 0.25) is 10.3 Å². The number of halogens is 2. The third-order valence-electron chi connectivity index (χ3n) is 3.14. The largest absolute Gasteiger partial charge is 0.395 e. The molecule has 3 rings (SSSR count). The van der Waals surface area contributed by atoms with Crippen LogP contribution < -0.4 is 11.1 Å². The standard InChI is InChI=1S/C15H12Cl2N4S/c1-8-6-19-15(17)21-13(8)12(18)14-20-11(7-22-14)9-2-4-10(16)5-3-9/h2-7,20H,18H2,1H3/b14-12+. The van der Waals surface area contributed by atoms with Crippen molar-refractivity contribution in [1.82, 2.24) is 15.3 Å². The molecule has 2 aromatic rings. The van der Waals surface area contributed by atoms with Crippen LogP contribution in [-0.2, 0) is 0 Å². The molecule has 0 radical (unpaired) electrons. The first-order chi connectivity index (χ1) is 10.5. The third-order valence-corrected chi connectivity index (χ3v) is 4.49. The molecule has 1 aliphatic rings. The van der Waals surface area contributed by atoms with Crippen LogP contribution in [0.3, 0.4) is 0 Å². The van der Waals surface area contributed by atoms with E-state index in [0.29, 0.717) is 16.4 Å². The Morgan fingerprint density at radius 3 is 2.68 bits per heavy atom. The Labute approximate surface area is 142 Å². The van der Waals surface area contributed by atoms with E-state index in [9.17, 15) is 0 Å². The van der Waals surface area contributed by atoms with Crippen molar-refractivity contribution in [2.75, 3.05) is 0 Å². The lowest BCUT2D eigenvalue weighted by Crippen LogP contribution is -2.12. The maximum atomic E-state index is 6.23. The van der Waals surface area contributed by atoms with Crippen LogP contribution in [0.1, 0.15) is 16.8 Å². The Morgan fingerprint density at radius 2 is 1.95 bits per heavy atom. The average molecular weight is 351 g/mol. The van der Waals surface area contributed by atoms with Gasteiger partial charge in [-0.2, -0.15) is 0 Å². The highest BCUT2D eigenvalue weighted by Crippen LogP contribution is 2.33. The van der Waals surface area contributed by atoms with Crippen molar-refractivity contribution >= 4 is 46.4 Å². The van der Waals surface area contributed by atoms with Gasteiger partial charge < -0.3 is 11.1 Å². The van der Waals surface area contributed by atoms with Crippen LogP contribution in [0.4, 0.5) is 0 Å². The summed E-state index contributed by atoms with van der Waals surface area (Å²) < 4.78 is 0. The van der Waals surface area contributed by atoms with Crippen molar-refractivity contribution in [3.8, 4) is 0 Å². The molecular formula is C15H12Cl2N4S. The summed E-state index contributed by atoms with van der Waals surface area (Å²) in [4.78, 5) is 8.15. The molecule has 0 aliphatic carbocycles. The zero-order valence-corrected chi connectivity index (χ0v) is 13.9. The topological polar surface area (TPSA) is 63.8 Å². The molecule has 112 valence electrons. The van der Waals surface area contributed by atoms with E-state index in [2.05, 4.69) is 15.3 Å². The van der Waals surface area contributed by atoms with Gasteiger partial charge in [-0.25, -0.2) is 9.97 Å². The molecule has 22 heavy (non-hydrogen) atoms. The van der Waals surface area contributed by atoms with Crippen molar-refractivity contribution in [3.63, 3.8) is 0 Å². The second-order valence-electron chi connectivity index (χ2n) is 4.69. The van der Waals surface area contributed by atoms with E-state index < -0.39 is 0 Å². The second-order valence-corrected chi connectivity index (χ2v) is 6.35. The Morgan fingerprint density at radius 1 is 1.23 bits per heavy atom. The first-order valence-corrected chi connectivity index (χ1v) is 8.07. The molecule has 1 aromatic carbocycles. The molecule has 1 aromatic heterocycles. The summed E-state index contributed by atoms with van der Waals surface area (Å²) in [5.74, 6) is 0. The van der Waals surface area contributed by atoms with Gasteiger partial charge in [0.25, 0.3) is 0 Å². The number of nitrogens with zero attached hydrogens (tertiary/aromatic N) is 2. The van der Waals surface area contributed by atoms with Gasteiger partial charge in [0.2, 0.25) is 5.28 Å². The van der Waals surface area contributed by atoms with E-state index in [0.717, 1.165) is 21.9 Å². The van der Waals surface area contributed by atoms with Gasteiger partial charge in [-0.1, -0.05) is 35.5 Å². The Bertz CT molecular complexity index is 785. The minimum absolute atomic E-state index is 0.179. The van der Waals surface area contributed by atoms with Crippen LogP contribution in [0, 0.1) is 6.92 Å². The summed E-state index contributed by atoms with van der Waals surface area (Å²) in [6.45, 7) is 1.90. The number of hydrogen-bond donors (Lipinski definition) is 2. The molecule has 0 saturated carbocycles. The van der Waals surface area contributed by atoms with Crippen molar-refractivity contribution in [3.05, 3.63) is 68.0 Å². The molecule has 0 spiro atoms. The number of nitrogens with one attached hydrogen (secondary N) is 1. The molecule has 2 heterocycles. The SMILES string of the molecule is Cc1cnc(Cl)nc1/C(N)=C1/NC(c2ccc(Cl)cc2)=CS1. The highest BCUT2D eigenvalue weighted by Gasteiger charge is 2.17. The zero-order valence-electron chi connectivity index (χ0n) is 11.6. The molecule has 0 fully saturated rings. The fraction of sp³-hybridized carbons (Fsp3) is 0.0667. The maximum Gasteiger partial charge on any atom is 0.222 e. The van der Waals surface area contributed by atoms with Gasteiger partial charge in [0.1, 0.15) is 5.03 Å². The minimum atomic E-state index is 0.179. The van der Waals surface area contributed by atoms with Gasteiger partial charge in [0.05, 0.1) is 17.1 Å². The van der Waals surface area contributed by atoms with Crippen molar-refractivity contribution in [2.45, 2.75) is 6.92 Å². The van der Waals surface area contributed by atoms with Gasteiger partial charge in [-0.15, -0.1) is 0 Å². The van der Waals surface area contributed by atoms with E-state index in [1.165, 1.54) is 11.8 Å². The fourth-order valence-electron chi connectivity index (χ4n) is 2.00. The fourth-order valence-corrected chi connectivity index (χ4v) is 3.08. The van der Waals surface area contributed by atoms with Crippen LogP contribution >= 0.6 is 35.0 Å². The van der Waals surface area contributed by atoms with Crippen molar-refractivity contribution < 1.29 is 0 Å². The molecule has 0 amide bonds. The van der Waals surface area contributed by atoms with Gasteiger partial charge in [-0.3, -0.25) is 0 Å². The smallest absolute Gasteiger partial charge is 0.222 e. The lowest BCUT2D eigenvalue weighted by molar-refractivity contribution is 1.08. The number of benzene rings is 1. The Kier molecular flexibility index (Phi) is 4.29. The summed E-state index contributed by atoms with van der Waals surface area (Å²) >= 11 is 13.3. The average Bonchev–Trinajstić information content (AvgIpc) is 2.99.